The molecule has 6 atom stereocenters. The van der Waals surface area contributed by atoms with Crippen LogP contribution >= 0.6 is 0 Å². The molecule has 33 heavy (non-hydrogen) atoms. The van der Waals surface area contributed by atoms with E-state index in [0.29, 0.717) is 0 Å². The van der Waals surface area contributed by atoms with Crippen LogP contribution in [0.2, 0.25) is 0 Å². The molecule has 1 aromatic rings. The zero-order valence-electron chi connectivity index (χ0n) is 16.9. The third-order valence-corrected chi connectivity index (χ3v) is 4.51. The maximum Gasteiger partial charge on any atom is 0.351 e. The number of carboxylic acids is 2. The first-order chi connectivity index (χ1) is 15.4. The van der Waals surface area contributed by atoms with E-state index in [1.54, 1.807) is 0 Å². The average Bonchev–Trinajstić information content (AvgIpc) is 2.99. The fourth-order valence-electron chi connectivity index (χ4n) is 2.82. The zero-order chi connectivity index (χ0) is 24.9. The van der Waals surface area contributed by atoms with E-state index in [9.17, 15) is 34.2 Å². The zero-order valence-corrected chi connectivity index (χ0v) is 16.9. The Hall–Kier alpha value is -3.44. The van der Waals surface area contributed by atoms with Crippen molar-refractivity contribution in [3.05, 3.63) is 22.7 Å². The summed E-state index contributed by atoms with van der Waals surface area (Å²) in [6.45, 7) is -0.585. The number of aliphatic hydroxyl groups is 2. The standard InChI is InChI=1S/C17H23N5O11/c18-6(3-10(23)24)14(29)20-9-1-2-22(17(31)21-9)15-13(28)12(27)8(33-15)5-32-16(30)7(19)4-11(25)26/h1-2,6-8,12-13,15,27-28H,3-5,18-19H2,(H,23,24)(H,25,26)(H,20,21,29,31)/t6-,7-,8+,12?,13?,15+/m0/s1. The normalized spacial score (nSPS) is 24.0. The number of amides is 1. The molecule has 1 saturated heterocycles. The molecule has 9 N–H and O–H groups in total. The topological polar surface area (TPSA) is 267 Å². The number of aliphatic carboxylic acids is 2. The van der Waals surface area contributed by atoms with Crippen LogP contribution in [0.25, 0.3) is 0 Å². The van der Waals surface area contributed by atoms with Gasteiger partial charge in [-0.3, -0.25) is 23.7 Å². The number of carboxylic acid groups (broad SMARTS) is 2. The quantitative estimate of drug-likeness (QED) is 0.159. The fourth-order valence-corrected chi connectivity index (χ4v) is 2.82. The molecule has 2 rings (SSSR count). The molecule has 16 nitrogen and oxygen atoms in total. The lowest BCUT2D eigenvalue weighted by atomic mass is 10.1. The van der Waals surface area contributed by atoms with Crippen molar-refractivity contribution in [2.24, 2.45) is 11.5 Å². The van der Waals surface area contributed by atoms with Gasteiger partial charge in [0.1, 0.15) is 36.8 Å². The van der Waals surface area contributed by atoms with Gasteiger partial charge >= 0.3 is 23.6 Å². The number of anilines is 1. The lowest BCUT2D eigenvalue weighted by Gasteiger charge is -2.18. The number of nitrogens with one attached hydrogen (secondary N) is 1. The molecule has 1 fully saturated rings. The van der Waals surface area contributed by atoms with Crippen LogP contribution < -0.4 is 22.5 Å². The van der Waals surface area contributed by atoms with Crippen LogP contribution in [-0.2, 0) is 28.7 Å². The van der Waals surface area contributed by atoms with E-state index in [2.05, 4.69) is 10.3 Å². The van der Waals surface area contributed by atoms with Gasteiger partial charge in [0.15, 0.2) is 6.23 Å². The van der Waals surface area contributed by atoms with E-state index in [1.165, 1.54) is 0 Å². The Balaban J connectivity index is 2.03. The third-order valence-electron chi connectivity index (χ3n) is 4.51. The van der Waals surface area contributed by atoms with Crippen molar-refractivity contribution in [1.29, 1.82) is 0 Å². The number of aliphatic hydroxyl groups excluding tert-OH is 2. The smallest absolute Gasteiger partial charge is 0.351 e. The average molecular weight is 473 g/mol. The summed E-state index contributed by atoms with van der Waals surface area (Å²) in [5.41, 5.74) is 9.78. The van der Waals surface area contributed by atoms with Crippen LogP contribution in [0.15, 0.2) is 17.1 Å². The largest absolute Gasteiger partial charge is 0.481 e. The summed E-state index contributed by atoms with van der Waals surface area (Å²) in [5.74, 6) is -4.81. The number of esters is 1. The van der Waals surface area contributed by atoms with Crippen molar-refractivity contribution >= 4 is 29.6 Å². The van der Waals surface area contributed by atoms with Crippen LogP contribution in [-0.4, -0.2) is 90.8 Å². The van der Waals surface area contributed by atoms with Crippen LogP contribution in [0, 0.1) is 0 Å². The molecule has 1 aliphatic rings. The Kier molecular flexibility index (Phi) is 8.55. The first-order valence-electron chi connectivity index (χ1n) is 9.43. The number of rotatable bonds is 10. The van der Waals surface area contributed by atoms with Crippen molar-refractivity contribution < 1.29 is 49.1 Å². The first-order valence-corrected chi connectivity index (χ1v) is 9.43. The SMILES string of the molecule is N[C@@H](CC(=O)O)C(=O)Nc1ccn([C@@H]2O[C@H](COC(=O)[C@@H](N)CC(=O)O)C(O)C2O)c(=O)n1. The highest BCUT2D eigenvalue weighted by atomic mass is 16.6. The molecular weight excluding hydrogens is 450 g/mol. The second-order valence-corrected chi connectivity index (χ2v) is 7.08. The molecule has 0 aromatic carbocycles. The van der Waals surface area contributed by atoms with Crippen LogP contribution in [0.5, 0.6) is 0 Å². The highest BCUT2D eigenvalue weighted by Gasteiger charge is 2.45. The molecule has 182 valence electrons. The minimum Gasteiger partial charge on any atom is -0.481 e. The molecule has 0 bridgehead atoms. The van der Waals surface area contributed by atoms with E-state index in [4.69, 9.17) is 31.2 Å². The molecule has 0 aliphatic carbocycles. The minimum absolute atomic E-state index is 0.243. The second kappa shape index (κ2) is 10.9. The number of nitrogens with zero attached hydrogens (tertiary/aromatic N) is 2. The van der Waals surface area contributed by atoms with E-state index in [1.807, 2.05) is 0 Å². The molecule has 0 saturated carbocycles. The lowest BCUT2D eigenvalue weighted by Crippen LogP contribution is -2.39. The molecule has 0 spiro atoms. The van der Waals surface area contributed by atoms with E-state index in [0.717, 1.165) is 16.8 Å². The van der Waals surface area contributed by atoms with Crippen molar-refractivity contribution in [3.63, 3.8) is 0 Å². The third kappa shape index (κ3) is 6.77. The highest BCUT2D eigenvalue weighted by molar-refractivity contribution is 5.95. The number of aromatic nitrogens is 2. The molecule has 16 heteroatoms. The van der Waals surface area contributed by atoms with Crippen LogP contribution in [0.4, 0.5) is 5.82 Å². The highest BCUT2D eigenvalue weighted by Crippen LogP contribution is 2.28. The molecule has 2 heterocycles. The molecule has 2 unspecified atom stereocenters. The number of carbonyl (C=O) groups excluding carboxylic acids is 2. The maximum atomic E-state index is 12.3. The summed E-state index contributed by atoms with van der Waals surface area (Å²) in [4.78, 5) is 60.6. The second-order valence-electron chi connectivity index (χ2n) is 7.08. The van der Waals surface area contributed by atoms with Crippen molar-refractivity contribution in [3.8, 4) is 0 Å². The summed E-state index contributed by atoms with van der Waals surface area (Å²) in [5, 5.41) is 39.8. The molecule has 0 radical (unpaired) electrons. The van der Waals surface area contributed by atoms with Crippen LogP contribution in [0.3, 0.4) is 0 Å². The van der Waals surface area contributed by atoms with E-state index < -0.39 is 85.6 Å². The van der Waals surface area contributed by atoms with Gasteiger partial charge in [0.05, 0.1) is 18.9 Å². The summed E-state index contributed by atoms with van der Waals surface area (Å²) < 4.78 is 11.0. The van der Waals surface area contributed by atoms with Crippen molar-refractivity contribution in [2.45, 2.75) is 49.5 Å². The Labute approximate surface area is 184 Å². The van der Waals surface area contributed by atoms with Gasteiger partial charge in [0, 0.05) is 6.20 Å². The summed E-state index contributed by atoms with van der Waals surface area (Å²) in [6.07, 6.45) is -6.16. The predicted octanol–water partition coefficient (Wildman–Crippen LogP) is -4.05. The lowest BCUT2D eigenvalue weighted by molar-refractivity contribution is -0.154. The van der Waals surface area contributed by atoms with Gasteiger partial charge < -0.3 is 46.7 Å². The molecule has 1 aromatic heterocycles. The van der Waals surface area contributed by atoms with Crippen molar-refractivity contribution in [1.82, 2.24) is 9.55 Å². The number of hydrogen-bond donors (Lipinski definition) is 7. The Morgan fingerprint density at radius 3 is 2.30 bits per heavy atom. The van der Waals surface area contributed by atoms with Gasteiger partial charge in [0.2, 0.25) is 5.91 Å². The number of hydrogen-bond acceptors (Lipinski definition) is 12. The van der Waals surface area contributed by atoms with Gasteiger partial charge in [-0.25, -0.2) is 4.79 Å². The number of nitrogens with two attached hydrogens (primary N) is 2. The van der Waals surface area contributed by atoms with E-state index >= 15 is 0 Å². The Bertz CT molecular complexity index is 967. The Morgan fingerprint density at radius 1 is 1.12 bits per heavy atom. The maximum absolute atomic E-state index is 12.3. The van der Waals surface area contributed by atoms with Gasteiger partial charge in [-0.1, -0.05) is 0 Å². The predicted molar refractivity (Wildman–Crippen MR) is 104 cm³/mol. The van der Waals surface area contributed by atoms with Gasteiger partial charge in [0.25, 0.3) is 0 Å². The van der Waals surface area contributed by atoms with Crippen molar-refractivity contribution in [2.75, 3.05) is 11.9 Å². The first kappa shape index (κ1) is 25.8. The fraction of sp³-hybridized carbons (Fsp3) is 0.529. The molecule has 1 aliphatic heterocycles. The summed E-state index contributed by atoms with van der Waals surface area (Å²) in [7, 11) is 0. The number of ether oxygens (including phenoxy) is 2. The molecular formula is C17H23N5O11. The summed E-state index contributed by atoms with van der Waals surface area (Å²) >= 11 is 0. The van der Waals surface area contributed by atoms with Gasteiger partial charge in [-0.2, -0.15) is 4.98 Å². The monoisotopic (exact) mass is 473 g/mol. The van der Waals surface area contributed by atoms with E-state index in [-0.39, 0.29) is 5.82 Å². The van der Waals surface area contributed by atoms with Gasteiger partial charge in [-0.15, -0.1) is 0 Å². The summed E-state index contributed by atoms with van der Waals surface area (Å²) in [6, 6.07) is -1.68. The molecule has 1 amide bonds. The minimum atomic E-state index is -1.63. The number of carbonyl (C=O) groups is 4. The Morgan fingerprint density at radius 2 is 1.73 bits per heavy atom. The van der Waals surface area contributed by atoms with Crippen LogP contribution in [0.1, 0.15) is 19.1 Å². The van der Waals surface area contributed by atoms with Gasteiger partial charge in [-0.05, 0) is 6.07 Å².